The van der Waals surface area contributed by atoms with Gasteiger partial charge in [-0.25, -0.2) is 4.39 Å². The zero-order valence-corrected chi connectivity index (χ0v) is 8.18. The number of halogens is 1. The smallest absolute Gasteiger partial charge is 0.110 e. The molecule has 0 bridgehead atoms. The zero-order valence-electron chi connectivity index (χ0n) is 8.18. The van der Waals surface area contributed by atoms with Crippen molar-refractivity contribution in [2.45, 2.75) is 51.8 Å². The van der Waals surface area contributed by atoms with Gasteiger partial charge in [0.25, 0.3) is 0 Å². The van der Waals surface area contributed by atoms with Crippen molar-refractivity contribution in [2.75, 3.05) is 0 Å². The minimum Gasteiger partial charge on any atom is -0.393 e. The first-order valence-corrected chi connectivity index (χ1v) is 4.79. The summed E-state index contributed by atoms with van der Waals surface area (Å²) in [6.07, 6.45) is 1.31. The minimum atomic E-state index is -1.13. The summed E-state index contributed by atoms with van der Waals surface area (Å²) >= 11 is 0. The molecule has 1 N–H and O–H groups in total. The fourth-order valence-corrected chi connectivity index (χ4v) is 2.13. The van der Waals surface area contributed by atoms with Crippen LogP contribution in [-0.4, -0.2) is 16.9 Å². The van der Waals surface area contributed by atoms with Gasteiger partial charge in [-0.1, -0.05) is 13.8 Å². The summed E-state index contributed by atoms with van der Waals surface area (Å²) in [6, 6.07) is 0. The zero-order chi connectivity index (χ0) is 9.35. The molecule has 0 radical (unpaired) electrons. The molecule has 0 unspecified atom stereocenters. The van der Waals surface area contributed by atoms with Crippen LogP contribution in [0.15, 0.2) is 0 Å². The van der Waals surface area contributed by atoms with E-state index in [-0.39, 0.29) is 0 Å². The van der Waals surface area contributed by atoms with Gasteiger partial charge in [-0.15, -0.1) is 0 Å². The van der Waals surface area contributed by atoms with E-state index < -0.39 is 11.8 Å². The molecular formula is C10H19FO. The van der Waals surface area contributed by atoms with Gasteiger partial charge in [-0.3, -0.25) is 0 Å². The van der Waals surface area contributed by atoms with Crippen LogP contribution in [0, 0.1) is 11.8 Å². The van der Waals surface area contributed by atoms with E-state index in [9.17, 15) is 9.50 Å². The summed E-state index contributed by atoms with van der Waals surface area (Å²) in [4.78, 5) is 0. The molecule has 1 rings (SSSR count). The quantitative estimate of drug-likeness (QED) is 0.647. The molecule has 2 heteroatoms. The van der Waals surface area contributed by atoms with Crippen LogP contribution in [0.1, 0.15) is 40.0 Å². The van der Waals surface area contributed by atoms with E-state index in [0.717, 1.165) is 6.42 Å². The van der Waals surface area contributed by atoms with Gasteiger partial charge in [0, 0.05) is 6.42 Å². The summed E-state index contributed by atoms with van der Waals surface area (Å²) in [5, 5.41) is 9.63. The second-order valence-electron chi connectivity index (χ2n) is 4.63. The highest BCUT2D eigenvalue weighted by atomic mass is 19.1. The van der Waals surface area contributed by atoms with E-state index in [4.69, 9.17) is 0 Å². The third-order valence-corrected chi connectivity index (χ3v) is 2.98. The number of aliphatic hydroxyl groups excluding tert-OH is 1. The lowest BCUT2D eigenvalue weighted by atomic mass is 9.74. The van der Waals surface area contributed by atoms with E-state index in [1.165, 1.54) is 0 Å². The van der Waals surface area contributed by atoms with Crippen LogP contribution in [0.25, 0.3) is 0 Å². The van der Waals surface area contributed by atoms with Crippen molar-refractivity contribution in [3.05, 3.63) is 0 Å². The molecule has 0 heterocycles. The first-order valence-electron chi connectivity index (χ1n) is 4.79. The molecule has 1 nitrogen and oxygen atoms in total. The molecule has 0 spiro atoms. The van der Waals surface area contributed by atoms with E-state index in [0.29, 0.717) is 24.7 Å². The fraction of sp³-hybridized carbons (Fsp3) is 1.00. The average molecular weight is 174 g/mol. The molecule has 12 heavy (non-hydrogen) atoms. The Morgan fingerprint density at radius 1 is 1.50 bits per heavy atom. The summed E-state index contributed by atoms with van der Waals surface area (Å²) in [6.45, 7) is 5.77. The van der Waals surface area contributed by atoms with Crippen LogP contribution in [-0.2, 0) is 0 Å². The second-order valence-corrected chi connectivity index (χ2v) is 4.63. The van der Waals surface area contributed by atoms with Gasteiger partial charge in [0.2, 0.25) is 0 Å². The number of rotatable bonds is 1. The van der Waals surface area contributed by atoms with Crippen molar-refractivity contribution in [1.29, 1.82) is 0 Å². The third kappa shape index (κ3) is 2.19. The molecule has 0 aromatic carbocycles. The van der Waals surface area contributed by atoms with Crippen molar-refractivity contribution < 1.29 is 9.50 Å². The van der Waals surface area contributed by atoms with Gasteiger partial charge < -0.3 is 5.11 Å². The van der Waals surface area contributed by atoms with Crippen LogP contribution in [0.2, 0.25) is 0 Å². The Kier molecular flexibility index (Phi) is 2.77. The van der Waals surface area contributed by atoms with E-state index in [1.54, 1.807) is 6.92 Å². The standard InChI is InChI=1S/C10H19FO/c1-7(2)8-4-5-10(3,11)6-9(8)12/h7-9,12H,4-6H2,1-3H3/t8-,9+,10-/m0/s1. The van der Waals surface area contributed by atoms with Gasteiger partial charge in [-0.05, 0) is 31.6 Å². The van der Waals surface area contributed by atoms with Gasteiger partial charge >= 0.3 is 0 Å². The van der Waals surface area contributed by atoms with Crippen LogP contribution in [0.4, 0.5) is 4.39 Å². The highest BCUT2D eigenvalue weighted by Crippen LogP contribution is 2.37. The fourth-order valence-electron chi connectivity index (χ4n) is 2.13. The van der Waals surface area contributed by atoms with Gasteiger partial charge in [0.1, 0.15) is 5.67 Å². The number of hydrogen-bond donors (Lipinski definition) is 1. The maximum Gasteiger partial charge on any atom is 0.110 e. The largest absolute Gasteiger partial charge is 0.393 e. The van der Waals surface area contributed by atoms with Crippen molar-refractivity contribution in [3.8, 4) is 0 Å². The lowest BCUT2D eigenvalue weighted by Crippen LogP contribution is -2.39. The normalized spacial score (nSPS) is 43.5. The Morgan fingerprint density at radius 3 is 2.50 bits per heavy atom. The minimum absolute atomic E-state index is 0.300. The molecule has 72 valence electrons. The Labute approximate surface area is 74.0 Å². The molecule has 3 atom stereocenters. The lowest BCUT2D eigenvalue weighted by Gasteiger charge is -2.37. The molecule has 0 saturated heterocycles. The van der Waals surface area contributed by atoms with Crippen LogP contribution in [0.3, 0.4) is 0 Å². The van der Waals surface area contributed by atoms with Crippen molar-refractivity contribution >= 4 is 0 Å². The predicted molar refractivity (Wildman–Crippen MR) is 47.7 cm³/mol. The van der Waals surface area contributed by atoms with Gasteiger partial charge in [-0.2, -0.15) is 0 Å². The van der Waals surface area contributed by atoms with E-state index in [1.807, 2.05) is 0 Å². The van der Waals surface area contributed by atoms with E-state index >= 15 is 0 Å². The third-order valence-electron chi connectivity index (χ3n) is 2.98. The Hall–Kier alpha value is -0.110. The Bertz CT molecular complexity index is 154. The van der Waals surface area contributed by atoms with Crippen molar-refractivity contribution in [2.24, 2.45) is 11.8 Å². The maximum atomic E-state index is 13.4. The molecule has 1 saturated carbocycles. The molecule has 0 aromatic rings. The molecule has 0 aromatic heterocycles. The molecular weight excluding hydrogens is 155 g/mol. The summed E-state index contributed by atoms with van der Waals surface area (Å²) in [7, 11) is 0. The topological polar surface area (TPSA) is 20.2 Å². The van der Waals surface area contributed by atoms with Crippen molar-refractivity contribution in [1.82, 2.24) is 0 Å². The molecule has 0 aliphatic heterocycles. The lowest BCUT2D eigenvalue weighted by molar-refractivity contribution is -0.0255. The SMILES string of the molecule is CC(C)[C@@H]1CC[C@](C)(F)C[C@H]1O. The number of aliphatic hydroxyl groups is 1. The van der Waals surface area contributed by atoms with Gasteiger partial charge in [0.15, 0.2) is 0 Å². The first-order chi connectivity index (χ1) is 5.42. The first kappa shape index (κ1) is 9.97. The summed E-state index contributed by atoms with van der Waals surface area (Å²) < 4.78 is 13.4. The summed E-state index contributed by atoms with van der Waals surface area (Å²) in [5.74, 6) is 0.768. The molecule has 1 aliphatic carbocycles. The maximum absolute atomic E-state index is 13.4. The number of alkyl halides is 1. The summed E-state index contributed by atoms with van der Waals surface area (Å²) in [5.41, 5.74) is -1.13. The van der Waals surface area contributed by atoms with E-state index in [2.05, 4.69) is 13.8 Å². The molecule has 1 fully saturated rings. The second kappa shape index (κ2) is 3.33. The molecule has 1 aliphatic rings. The van der Waals surface area contributed by atoms with Crippen molar-refractivity contribution in [3.63, 3.8) is 0 Å². The Balaban J connectivity index is 2.54. The van der Waals surface area contributed by atoms with Crippen LogP contribution < -0.4 is 0 Å². The highest BCUT2D eigenvalue weighted by molar-refractivity contribution is 4.88. The monoisotopic (exact) mass is 174 g/mol. The molecule has 0 amide bonds. The van der Waals surface area contributed by atoms with Gasteiger partial charge in [0.05, 0.1) is 6.10 Å². The Morgan fingerprint density at radius 2 is 2.08 bits per heavy atom. The highest BCUT2D eigenvalue weighted by Gasteiger charge is 2.37. The average Bonchev–Trinajstić information content (AvgIpc) is 1.83. The number of hydrogen-bond acceptors (Lipinski definition) is 1. The predicted octanol–water partition coefficient (Wildman–Crippen LogP) is 2.53. The van der Waals surface area contributed by atoms with Crippen LogP contribution in [0.5, 0.6) is 0 Å². The van der Waals surface area contributed by atoms with Crippen LogP contribution >= 0.6 is 0 Å².